The Morgan fingerprint density at radius 3 is 2.45 bits per heavy atom. The van der Waals surface area contributed by atoms with E-state index in [-0.39, 0.29) is 30.2 Å². The van der Waals surface area contributed by atoms with Gasteiger partial charge in [-0.15, -0.1) is 0 Å². The molecule has 1 aliphatic carbocycles. The Kier molecular flexibility index (Phi) is 7.38. The molecule has 1 heterocycles. The average Bonchev–Trinajstić information content (AvgIpc) is 3.07. The molecule has 3 N–H and O–H groups in total. The Morgan fingerprint density at radius 2 is 1.87 bits per heavy atom. The number of halogens is 1. The van der Waals surface area contributed by atoms with Crippen LogP contribution in [0.1, 0.15) is 26.7 Å². The van der Waals surface area contributed by atoms with Crippen LogP contribution in [0.15, 0.2) is 36.4 Å². The summed E-state index contributed by atoms with van der Waals surface area (Å²) >= 11 is 5.93. The largest absolute Gasteiger partial charge is 0.394 e. The summed E-state index contributed by atoms with van der Waals surface area (Å²) in [5, 5.41) is 15.9. The van der Waals surface area contributed by atoms with E-state index in [9.17, 15) is 19.5 Å². The van der Waals surface area contributed by atoms with Gasteiger partial charge in [0.1, 0.15) is 6.04 Å². The number of aliphatic hydroxyl groups excluding tert-OH is 1. The Balaban J connectivity index is 1.99. The van der Waals surface area contributed by atoms with Crippen molar-refractivity contribution in [2.24, 2.45) is 23.7 Å². The van der Waals surface area contributed by atoms with Crippen LogP contribution >= 0.6 is 11.6 Å². The van der Waals surface area contributed by atoms with E-state index in [1.807, 2.05) is 19.1 Å². The fourth-order valence-corrected chi connectivity index (χ4v) is 5.02. The van der Waals surface area contributed by atoms with Gasteiger partial charge >= 0.3 is 0 Å². The first kappa shape index (κ1) is 23.3. The van der Waals surface area contributed by atoms with Crippen LogP contribution < -0.4 is 10.6 Å². The van der Waals surface area contributed by atoms with Gasteiger partial charge in [-0.05, 0) is 43.5 Å². The molecule has 1 aliphatic heterocycles. The number of hydrogen-bond acceptors (Lipinski definition) is 4. The molecule has 1 aromatic rings. The van der Waals surface area contributed by atoms with E-state index in [4.69, 9.17) is 11.6 Å². The monoisotopic (exact) mass is 447 g/mol. The van der Waals surface area contributed by atoms with Gasteiger partial charge in [0.2, 0.25) is 17.7 Å². The maximum atomic E-state index is 13.5. The van der Waals surface area contributed by atoms with Gasteiger partial charge in [0.25, 0.3) is 0 Å². The lowest BCUT2D eigenvalue weighted by atomic mass is 9.68. The topological polar surface area (TPSA) is 98.7 Å². The Morgan fingerprint density at radius 1 is 1.19 bits per heavy atom. The van der Waals surface area contributed by atoms with Gasteiger partial charge in [0.05, 0.1) is 24.5 Å². The molecule has 1 fully saturated rings. The molecule has 0 spiro atoms. The molecule has 7 nitrogen and oxygen atoms in total. The number of rotatable bonds is 7. The number of aliphatic hydroxyl groups is 1. The third-order valence-electron chi connectivity index (χ3n) is 6.34. The first-order chi connectivity index (χ1) is 14.8. The molecule has 0 unspecified atom stereocenters. The zero-order valence-electron chi connectivity index (χ0n) is 18.0. The number of nitrogens with one attached hydrogen (secondary N) is 2. The second-order valence-electron chi connectivity index (χ2n) is 8.30. The fraction of sp³-hybridized carbons (Fsp3) is 0.522. The lowest BCUT2D eigenvalue weighted by molar-refractivity contribution is -0.142. The van der Waals surface area contributed by atoms with Crippen molar-refractivity contribution in [1.29, 1.82) is 0 Å². The molecule has 6 atom stereocenters. The molecule has 1 aromatic carbocycles. The summed E-state index contributed by atoms with van der Waals surface area (Å²) < 4.78 is 0. The van der Waals surface area contributed by atoms with Crippen molar-refractivity contribution < 1.29 is 19.5 Å². The zero-order valence-corrected chi connectivity index (χ0v) is 18.8. The van der Waals surface area contributed by atoms with Gasteiger partial charge in [-0.1, -0.05) is 37.1 Å². The van der Waals surface area contributed by atoms with E-state index in [1.54, 1.807) is 38.2 Å². The minimum Gasteiger partial charge on any atom is -0.394 e. The van der Waals surface area contributed by atoms with Crippen LogP contribution in [-0.4, -0.2) is 53.5 Å². The van der Waals surface area contributed by atoms with Gasteiger partial charge in [-0.25, -0.2) is 0 Å². The molecule has 8 heteroatoms. The summed E-state index contributed by atoms with van der Waals surface area (Å²) in [5.41, 5.74) is 0.563. The summed E-state index contributed by atoms with van der Waals surface area (Å²) in [6.45, 7) is 3.47. The van der Waals surface area contributed by atoms with Crippen molar-refractivity contribution in [1.82, 2.24) is 10.2 Å². The van der Waals surface area contributed by atoms with Crippen molar-refractivity contribution in [3.63, 3.8) is 0 Å². The third kappa shape index (κ3) is 4.48. The highest BCUT2D eigenvalue weighted by molar-refractivity contribution is 6.30. The number of hydrogen-bond donors (Lipinski definition) is 3. The quantitative estimate of drug-likeness (QED) is 0.559. The fourth-order valence-electron chi connectivity index (χ4n) is 4.89. The minimum atomic E-state index is -0.818. The maximum Gasteiger partial charge on any atom is 0.247 e. The summed E-state index contributed by atoms with van der Waals surface area (Å²) in [5.74, 6) is -2.52. The number of benzene rings is 1. The van der Waals surface area contributed by atoms with Gasteiger partial charge in [-0.2, -0.15) is 0 Å². The van der Waals surface area contributed by atoms with Crippen LogP contribution in [0.4, 0.5) is 5.69 Å². The van der Waals surface area contributed by atoms with E-state index in [1.165, 1.54) is 4.90 Å². The predicted octanol–water partition coefficient (Wildman–Crippen LogP) is 2.45. The molecular weight excluding hydrogens is 418 g/mol. The van der Waals surface area contributed by atoms with Crippen molar-refractivity contribution in [2.75, 3.05) is 19.0 Å². The first-order valence-corrected chi connectivity index (χ1v) is 11.1. The van der Waals surface area contributed by atoms with E-state index >= 15 is 0 Å². The van der Waals surface area contributed by atoms with Gasteiger partial charge in [0.15, 0.2) is 0 Å². The summed E-state index contributed by atoms with van der Waals surface area (Å²) in [4.78, 5) is 41.1. The molecule has 1 saturated heterocycles. The molecule has 0 radical (unpaired) electrons. The normalized spacial score (nSPS) is 28.2. The molecule has 0 saturated carbocycles. The van der Waals surface area contributed by atoms with E-state index in [0.717, 1.165) is 12.8 Å². The molecule has 31 heavy (non-hydrogen) atoms. The highest BCUT2D eigenvalue weighted by Crippen LogP contribution is 2.46. The SMILES string of the molecule is CCC[C@@H]1C=C[C@H]2[C@@H](C(=O)N([C@H](C)CO)[C@@H]2C(=O)Nc2ccc(Cl)cc2)[C@@H]1C(=O)NC. The summed E-state index contributed by atoms with van der Waals surface area (Å²) in [6, 6.07) is 5.35. The highest BCUT2D eigenvalue weighted by atomic mass is 35.5. The smallest absolute Gasteiger partial charge is 0.247 e. The molecule has 0 bridgehead atoms. The van der Waals surface area contributed by atoms with Gasteiger partial charge < -0.3 is 20.6 Å². The van der Waals surface area contributed by atoms with Crippen LogP contribution in [0.25, 0.3) is 0 Å². The summed E-state index contributed by atoms with van der Waals surface area (Å²) in [7, 11) is 1.57. The molecular formula is C23H30ClN3O4. The number of allylic oxidation sites excluding steroid dienone is 1. The van der Waals surface area contributed by atoms with E-state index < -0.39 is 29.8 Å². The lowest BCUT2D eigenvalue weighted by Crippen LogP contribution is -2.49. The lowest BCUT2D eigenvalue weighted by Gasteiger charge is -2.34. The number of anilines is 1. The number of likely N-dealkylation sites (tertiary alicyclic amines) is 1. The minimum absolute atomic E-state index is 0.0699. The molecule has 168 valence electrons. The molecule has 0 aromatic heterocycles. The number of nitrogens with zero attached hydrogens (tertiary/aromatic N) is 1. The Hall–Kier alpha value is -2.38. The second kappa shape index (κ2) is 9.83. The van der Waals surface area contributed by atoms with Crippen LogP contribution in [0.2, 0.25) is 5.02 Å². The average molecular weight is 448 g/mol. The van der Waals surface area contributed by atoms with Crippen LogP contribution in [0.5, 0.6) is 0 Å². The van der Waals surface area contributed by atoms with Crippen molar-refractivity contribution >= 4 is 35.0 Å². The second-order valence-corrected chi connectivity index (χ2v) is 8.74. The van der Waals surface area contributed by atoms with Crippen LogP contribution in [-0.2, 0) is 14.4 Å². The van der Waals surface area contributed by atoms with Gasteiger partial charge in [-0.3, -0.25) is 14.4 Å². The Labute approximate surface area is 187 Å². The number of carbonyl (C=O) groups excluding carboxylic acids is 3. The van der Waals surface area contributed by atoms with Crippen LogP contribution in [0, 0.1) is 23.7 Å². The van der Waals surface area contributed by atoms with E-state index in [0.29, 0.717) is 10.7 Å². The number of fused-ring (bicyclic) bond motifs is 1. The maximum absolute atomic E-state index is 13.5. The molecule has 3 amide bonds. The predicted molar refractivity (Wildman–Crippen MR) is 119 cm³/mol. The molecule has 2 aliphatic rings. The summed E-state index contributed by atoms with van der Waals surface area (Å²) in [6.07, 6.45) is 5.56. The van der Waals surface area contributed by atoms with Crippen molar-refractivity contribution in [2.45, 2.75) is 38.8 Å². The zero-order chi connectivity index (χ0) is 22.7. The first-order valence-electron chi connectivity index (χ1n) is 10.7. The van der Waals surface area contributed by atoms with E-state index in [2.05, 4.69) is 10.6 Å². The number of carbonyl (C=O) groups is 3. The number of amides is 3. The highest BCUT2D eigenvalue weighted by Gasteiger charge is 2.57. The van der Waals surface area contributed by atoms with Gasteiger partial charge in [0, 0.05) is 23.7 Å². The Bertz CT molecular complexity index is 857. The third-order valence-corrected chi connectivity index (χ3v) is 6.59. The van der Waals surface area contributed by atoms with Crippen molar-refractivity contribution in [3.8, 4) is 0 Å². The standard InChI is InChI=1S/C23H30ClN3O4/c1-4-5-14-6-11-17-19(18(14)21(29)25-3)23(31)27(13(2)12-28)20(17)22(30)26-16-9-7-15(24)8-10-16/h6-11,13-14,17-20,28H,4-5,12H2,1-3H3,(H,25,29)(H,26,30)/t13-,14-,17+,18-,19-,20+/m1/s1. The van der Waals surface area contributed by atoms with Crippen LogP contribution in [0.3, 0.4) is 0 Å². The molecule has 3 rings (SSSR count). The van der Waals surface area contributed by atoms with Crippen molar-refractivity contribution in [3.05, 3.63) is 41.4 Å².